The molecule has 1 heterocycles. The third kappa shape index (κ3) is 12.5. The first kappa shape index (κ1) is 56.1. The summed E-state index contributed by atoms with van der Waals surface area (Å²) in [6, 6.07) is 40.7. The summed E-state index contributed by atoms with van der Waals surface area (Å²) in [6.07, 6.45) is 20.9. The molecule has 5 aromatic carbocycles. The molecule has 0 bridgehead atoms. The second kappa shape index (κ2) is 23.1. The molecule has 3 nitrogen and oxygen atoms in total. The van der Waals surface area contributed by atoms with Gasteiger partial charge in [0.1, 0.15) is 11.2 Å². The summed E-state index contributed by atoms with van der Waals surface area (Å²) in [6.45, 7) is 35.5. The molecule has 1 aliphatic rings. The number of furan rings is 1. The van der Waals surface area contributed by atoms with Crippen molar-refractivity contribution in [2.45, 2.75) is 146 Å². The summed E-state index contributed by atoms with van der Waals surface area (Å²) in [5.74, 6) is 0.371. The number of rotatable bonds is 18. The summed E-state index contributed by atoms with van der Waals surface area (Å²) in [4.78, 5) is 3.77. The van der Waals surface area contributed by atoms with Gasteiger partial charge in [0.2, 0.25) is 6.71 Å². The number of allylic oxidation sites excluding steroid dienone is 7. The van der Waals surface area contributed by atoms with Crippen molar-refractivity contribution in [3.05, 3.63) is 195 Å². The fourth-order valence-electron chi connectivity index (χ4n) is 11.5. The molecule has 388 valence electrons. The number of nitrogens with zero attached hydrogens (tertiary/aromatic N) is 1. The summed E-state index contributed by atoms with van der Waals surface area (Å²) in [5.41, 5.74) is 18.9. The van der Waals surface area contributed by atoms with E-state index in [2.05, 4.69) is 273 Å². The van der Waals surface area contributed by atoms with E-state index in [-0.39, 0.29) is 28.4 Å². The number of fused-ring (bicyclic) bond motifs is 4. The molecule has 6 aromatic rings. The van der Waals surface area contributed by atoms with E-state index in [4.69, 9.17) is 4.42 Å². The molecule has 0 fully saturated rings. The zero-order chi connectivity index (χ0) is 53.8. The Morgan fingerprint density at radius 2 is 1.49 bits per heavy atom. The molecule has 1 aromatic heterocycles. The lowest BCUT2D eigenvalue weighted by molar-refractivity contribution is 0.332. The van der Waals surface area contributed by atoms with Crippen LogP contribution in [-0.2, 0) is 16.2 Å². The van der Waals surface area contributed by atoms with Gasteiger partial charge in [0.05, 0.1) is 0 Å². The maximum atomic E-state index is 6.51. The van der Waals surface area contributed by atoms with Crippen LogP contribution in [0.2, 0.25) is 0 Å². The van der Waals surface area contributed by atoms with Gasteiger partial charge in [-0.25, -0.2) is 0 Å². The van der Waals surface area contributed by atoms with Gasteiger partial charge in [0, 0.05) is 47.5 Å². The third-order valence-corrected chi connectivity index (χ3v) is 16.6. The largest absolute Gasteiger partial charge is 0.456 e. The zero-order valence-corrected chi connectivity index (χ0v) is 49.1. The smallest absolute Gasteiger partial charge is 0.249 e. The standard InChI is InChI=1S/C69H87BN2OS/c1-18-37-67(10,11)57(19-2)53(48(5)6)29-25-40-71-61(41-47(3)4)60(46-72(16)62-35-32-51(66(7,8)9)44-55(62)50-26-21-20-22-27-50)70(52-33-36-64-56(45-52)54-28-23-24-30-63(54)73-64)65(74-17)43-49-31-34-58-59(42-49)69(14,15)39-38-68(58,12)13/h19-36,40-45,48,71H,18,37-39,46H2,1-17H3/b40-25+,53-29-,57-19+,61-60-,65-43-. The van der Waals surface area contributed by atoms with Crippen molar-refractivity contribution in [2.75, 3.05) is 24.7 Å². The van der Waals surface area contributed by atoms with E-state index in [1.807, 2.05) is 11.8 Å². The van der Waals surface area contributed by atoms with Crippen molar-refractivity contribution in [1.82, 2.24) is 5.32 Å². The Morgan fingerprint density at radius 1 is 0.811 bits per heavy atom. The maximum absolute atomic E-state index is 6.51. The molecule has 5 heteroatoms. The van der Waals surface area contributed by atoms with Crippen molar-refractivity contribution in [1.29, 1.82) is 0 Å². The fourth-order valence-corrected chi connectivity index (χ4v) is 12.3. The van der Waals surface area contributed by atoms with Crippen LogP contribution < -0.4 is 15.7 Å². The SMILES string of the molecule is C\C=C(/C(=C\C=C\N/C(C=C(C)C)=C(/CN(C)c1ccc(C(C)(C)C)cc1-c1ccccc1)B(/C(=C/c1ccc2c(c1)C(C)(C)CCC2(C)C)SC)c1ccc2oc3ccccc3c2c1)C(C)C)C(C)(C)CCC. The first-order valence-corrected chi connectivity index (χ1v) is 28.6. The van der Waals surface area contributed by atoms with E-state index >= 15 is 0 Å². The first-order valence-electron chi connectivity index (χ1n) is 27.4. The predicted octanol–water partition coefficient (Wildman–Crippen LogP) is 18.9. The van der Waals surface area contributed by atoms with Gasteiger partial charge >= 0.3 is 0 Å². The Balaban J connectivity index is 1.52. The van der Waals surface area contributed by atoms with Gasteiger partial charge in [-0.2, -0.15) is 0 Å². The van der Waals surface area contributed by atoms with Crippen LogP contribution in [0.5, 0.6) is 0 Å². The lowest BCUT2D eigenvalue weighted by atomic mass is 9.38. The van der Waals surface area contributed by atoms with E-state index in [1.54, 1.807) is 0 Å². The highest BCUT2D eigenvalue weighted by Crippen LogP contribution is 2.47. The molecule has 0 spiro atoms. The van der Waals surface area contributed by atoms with Crippen LogP contribution in [0.4, 0.5) is 5.69 Å². The second-order valence-electron chi connectivity index (χ2n) is 24.6. The normalized spacial score (nSPS) is 15.7. The summed E-state index contributed by atoms with van der Waals surface area (Å²) in [7, 11) is 2.28. The lowest BCUT2D eigenvalue weighted by Gasteiger charge is -2.42. The summed E-state index contributed by atoms with van der Waals surface area (Å²) in [5, 5.41) is 6.25. The molecule has 74 heavy (non-hydrogen) atoms. The molecule has 0 saturated heterocycles. The number of thioether (sulfide) groups is 1. The van der Waals surface area contributed by atoms with Gasteiger partial charge in [0.15, 0.2) is 0 Å². The number of hydrogen-bond donors (Lipinski definition) is 1. The Morgan fingerprint density at radius 3 is 2.14 bits per heavy atom. The topological polar surface area (TPSA) is 28.4 Å². The number of benzene rings is 5. The van der Waals surface area contributed by atoms with Crippen LogP contribution in [0.15, 0.2) is 177 Å². The monoisotopic (exact) mass is 1000 g/mol. The Hall–Kier alpha value is -5.65. The summed E-state index contributed by atoms with van der Waals surface area (Å²) >= 11 is 1.86. The van der Waals surface area contributed by atoms with Crippen molar-refractivity contribution < 1.29 is 4.42 Å². The number of hydrogen-bond acceptors (Lipinski definition) is 4. The van der Waals surface area contributed by atoms with Crippen molar-refractivity contribution in [3.63, 3.8) is 0 Å². The Labute approximate surface area is 452 Å². The van der Waals surface area contributed by atoms with E-state index in [1.165, 1.54) is 84.4 Å². The molecule has 1 N–H and O–H groups in total. The second-order valence-corrected chi connectivity index (χ2v) is 25.5. The quantitative estimate of drug-likeness (QED) is 0.0686. The highest BCUT2D eigenvalue weighted by atomic mass is 32.2. The van der Waals surface area contributed by atoms with Gasteiger partial charge in [-0.05, 0) is 160 Å². The molecule has 0 saturated carbocycles. The van der Waals surface area contributed by atoms with E-state index in [0.29, 0.717) is 12.5 Å². The average molecular weight is 1000 g/mol. The van der Waals surface area contributed by atoms with E-state index in [9.17, 15) is 0 Å². The van der Waals surface area contributed by atoms with E-state index in [0.717, 1.165) is 40.5 Å². The van der Waals surface area contributed by atoms with E-state index < -0.39 is 0 Å². The van der Waals surface area contributed by atoms with Gasteiger partial charge in [0.25, 0.3) is 0 Å². The van der Waals surface area contributed by atoms with Crippen LogP contribution in [0, 0.1) is 11.3 Å². The lowest BCUT2D eigenvalue weighted by Crippen LogP contribution is -2.41. The maximum Gasteiger partial charge on any atom is 0.249 e. The molecule has 0 radical (unpaired) electrons. The number of nitrogens with one attached hydrogen (secondary N) is 1. The van der Waals surface area contributed by atoms with Gasteiger partial charge < -0.3 is 14.6 Å². The third-order valence-electron chi connectivity index (χ3n) is 15.8. The average Bonchev–Trinajstić information content (AvgIpc) is 3.73. The zero-order valence-electron chi connectivity index (χ0n) is 48.3. The minimum atomic E-state index is -0.141. The van der Waals surface area contributed by atoms with Gasteiger partial charge in [-0.1, -0.05) is 204 Å². The first-order chi connectivity index (χ1) is 35.0. The Bertz CT molecular complexity index is 3140. The van der Waals surface area contributed by atoms with Crippen LogP contribution >= 0.6 is 11.8 Å². The molecule has 0 aliphatic heterocycles. The molecular formula is C69H87BN2OS. The number of para-hydroxylation sites is 1. The highest BCUT2D eigenvalue weighted by Gasteiger charge is 2.37. The minimum Gasteiger partial charge on any atom is -0.456 e. The van der Waals surface area contributed by atoms with Crippen molar-refractivity contribution in [2.24, 2.45) is 11.3 Å². The van der Waals surface area contributed by atoms with Crippen LogP contribution in [-0.4, -0.2) is 26.6 Å². The molecule has 7 rings (SSSR count). The Kier molecular flexibility index (Phi) is 17.5. The number of anilines is 1. The molecule has 0 amide bonds. The van der Waals surface area contributed by atoms with Crippen LogP contribution in [0.1, 0.15) is 152 Å². The minimum absolute atomic E-state index is 0.0113. The predicted molar refractivity (Wildman–Crippen MR) is 330 cm³/mol. The van der Waals surface area contributed by atoms with Gasteiger partial charge in [-0.15, -0.1) is 11.8 Å². The molecule has 1 aliphatic carbocycles. The van der Waals surface area contributed by atoms with Crippen molar-refractivity contribution >= 4 is 57.6 Å². The van der Waals surface area contributed by atoms with Gasteiger partial charge in [-0.3, -0.25) is 0 Å². The summed E-state index contributed by atoms with van der Waals surface area (Å²) < 4.78 is 6.51. The molecule has 0 unspecified atom stereocenters. The highest BCUT2D eigenvalue weighted by molar-refractivity contribution is 8.04. The van der Waals surface area contributed by atoms with Crippen LogP contribution in [0.3, 0.4) is 0 Å². The number of likely N-dealkylation sites (N-methyl/N-ethyl adjacent to an activating group) is 1. The van der Waals surface area contributed by atoms with Crippen LogP contribution in [0.25, 0.3) is 39.1 Å². The molecular weight excluding hydrogens is 916 g/mol. The molecule has 0 atom stereocenters. The van der Waals surface area contributed by atoms with Crippen molar-refractivity contribution in [3.8, 4) is 11.1 Å². The fraction of sp³-hybridized carbons (Fsp3) is 0.391.